The van der Waals surface area contributed by atoms with Gasteiger partial charge in [-0.1, -0.05) is 30.3 Å². The highest BCUT2D eigenvalue weighted by atomic mass is 15.2. The molecule has 4 rings (SSSR count). The third-order valence-electron chi connectivity index (χ3n) is 4.52. The van der Waals surface area contributed by atoms with Crippen molar-refractivity contribution in [2.75, 3.05) is 19.6 Å². The van der Waals surface area contributed by atoms with E-state index in [-0.39, 0.29) is 0 Å². The molecule has 0 spiro atoms. The predicted molar refractivity (Wildman–Crippen MR) is 91.2 cm³/mol. The van der Waals surface area contributed by atoms with Gasteiger partial charge in [-0.05, 0) is 12.5 Å². The molecule has 0 amide bonds. The van der Waals surface area contributed by atoms with Crippen LogP contribution in [0.3, 0.4) is 0 Å². The fraction of sp³-hybridized carbons (Fsp3) is 0.333. The molecule has 1 aliphatic heterocycles. The largest absolute Gasteiger partial charge is 0.314 e. The van der Waals surface area contributed by atoms with Crippen molar-refractivity contribution in [3.8, 4) is 11.1 Å². The normalized spacial score (nSPS) is 19.3. The number of benzene rings is 1. The van der Waals surface area contributed by atoms with Crippen molar-refractivity contribution in [2.24, 2.45) is 0 Å². The molecule has 5 nitrogen and oxygen atoms in total. The molecule has 2 aromatic heterocycles. The van der Waals surface area contributed by atoms with Gasteiger partial charge in [-0.3, -0.25) is 4.90 Å². The number of nitrogens with zero attached hydrogens (tertiary/aromatic N) is 4. The molecular formula is C18H21N5. The summed E-state index contributed by atoms with van der Waals surface area (Å²) in [5.74, 6) is 0. The molecule has 0 bridgehead atoms. The Kier molecular flexibility index (Phi) is 3.81. The number of fused-ring (bicyclic) bond motifs is 1. The van der Waals surface area contributed by atoms with Crippen molar-refractivity contribution in [1.29, 1.82) is 0 Å². The lowest BCUT2D eigenvalue weighted by Crippen LogP contribution is -2.49. The standard InChI is InChI=1S/C18H21N5/c1-14-9-19-7-8-22(14)12-15-10-20-18-17(11-21-23(18)13-15)16-5-3-2-4-6-16/h2-6,10-11,13-14,19H,7-9,12H2,1H3/t14-/m1/s1. The summed E-state index contributed by atoms with van der Waals surface area (Å²) in [7, 11) is 0. The Bertz CT molecular complexity index is 796. The van der Waals surface area contributed by atoms with E-state index in [1.165, 1.54) is 5.56 Å². The maximum Gasteiger partial charge on any atom is 0.162 e. The molecule has 1 fully saturated rings. The lowest BCUT2D eigenvalue weighted by molar-refractivity contribution is 0.165. The molecule has 0 aliphatic carbocycles. The van der Waals surface area contributed by atoms with Crippen LogP contribution in [0.1, 0.15) is 12.5 Å². The summed E-state index contributed by atoms with van der Waals surface area (Å²) in [6.45, 7) is 6.37. The molecule has 1 aromatic carbocycles. The molecule has 1 saturated heterocycles. The monoisotopic (exact) mass is 307 g/mol. The van der Waals surface area contributed by atoms with E-state index in [0.717, 1.165) is 43.0 Å². The SMILES string of the molecule is C[C@@H]1CNCCN1Cc1cnc2c(-c3ccccc3)cnn2c1. The molecule has 3 heterocycles. The molecule has 1 N–H and O–H groups in total. The number of rotatable bonds is 3. The molecule has 5 heteroatoms. The van der Waals surface area contributed by atoms with Gasteiger partial charge < -0.3 is 5.32 Å². The molecule has 23 heavy (non-hydrogen) atoms. The van der Waals surface area contributed by atoms with E-state index in [4.69, 9.17) is 0 Å². The van der Waals surface area contributed by atoms with Crippen molar-refractivity contribution in [3.63, 3.8) is 0 Å². The van der Waals surface area contributed by atoms with Gasteiger partial charge in [0.25, 0.3) is 0 Å². The third-order valence-corrected chi connectivity index (χ3v) is 4.52. The van der Waals surface area contributed by atoms with E-state index >= 15 is 0 Å². The molecule has 1 atom stereocenters. The van der Waals surface area contributed by atoms with Crippen LogP contribution >= 0.6 is 0 Å². The first-order valence-corrected chi connectivity index (χ1v) is 8.14. The minimum atomic E-state index is 0.553. The van der Waals surface area contributed by atoms with Gasteiger partial charge in [-0.2, -0.15) is 5.10 Å². The highest BCUT2D eigenvalue weighted by molar-refractivity contribution is 5.76. The molecule has 0 radical (unpaired) electrons. The summed E-state index contributed by atoms with van der Waals surface area (Å²) in [6, 6.07) is 10.8. The average Bonchev–Trinajstić information content (AvgIpc) is 3.01. The number of hydrogen-bond donors (Lipinski definition) is 1. The number of hydrogen-bond acceptors (Lipinski definition) is 4. The maximum atomic E-state index is 4.67. The quantitative estimate of drug-likeness (QED) is 0.806. The third kappa shape index (κ3) is 2.85. The van der Waals surface area contributed by atoms with E-state index in [2.05, 4.69) is 45.6 Å². The first kappa shape index (κ1) is 14.4. The Morgan fingerprint density at radius 3 is 2.91 bits per heavy atom. The van der Waals surface area contributed by atoms with E-state index in [1.54, 1.807) is 0 Å². The highest BCUT2D eigenvalue weighted by Gasteiger charge is 2.18. The van der Waals surface area contributed by atoms with Crippen molar-refractivity contribution in [2.45, 2.75) is 19.5 Å². The smallest absolute Gasteiger partial charge is 0.162 e. The zero-order valence-electron chi connectivity index (χ0n) is 13.3. The van der Waals surface area contributed by atoms with Crippen LogP contribution in [0, 0.1) is 0 Å². The minimum absolute atomic E-state index is 0.553. The van der Waals surface area contributed by atoms with E-state index < -0.39 is 0 Å². The van der Waals surface area contributed by atoms with Gasteiger partial charge in [0, 0.05) is 55.7 Å². The maximum absolute atomic E-state index is 4.67. The topological polar surface area (TPSA) is 45.5 Å². The lowest BCUT2D eigenvalue weighted by Gasteiger charge is -2.33. The van der Waals surface area contributed by atoms with Crippen molar-refractivity contribution in [1.82, 2.24) is 24.8 Å². The van der Waals surface area contributed by atoms with Gasteiger partial charge in [0.05, 0.1) is 6.20 Å². The minimum Gasteiger partial charge on any atom is -0.314 e. The van der Waals surface area contributed by atoms with Gasteiger partial charge in [0.1, 0.15) is 0 Å². The zero-order chi connectivity index (χ0) is 15.6. The number of aromatic nitrogens is 3. The van der Waals surface area contributed by atoms with Crippen LogP contribution in [0.4, 0.5) is 0 Å². The van der Waals surface area contributed by atoms with Gasteiger partial charge in [0.2, 0.25) is 0 Å². The van der Waals surface area contributed by atoms with Crippen LogP contribution < -0.4 is 5.32 Å². The summed E-state index contributed by atoms with van der Waals surface area (Å²) < 4.78 is 1.89. The Hall–Kier alpha value is -2.24. The van der Waals surface area contributed by atoms with E-state index in [0.29, 0.717) is 6.04 Å². The first-order valence-electron chi connectivity index (χ1n) is 8.14. The Morgan fingerprint density at radius 1 is 1.22 bits per heavy atom. The Balaban J connectivity index is 1.62. The summed E-state index contributed by atoms with van der Waals surface area (Å²) in [4.78, 5) is 7.15. The zero-order valence-corrected chi connectivity index (χ0v) is 13.3. The molecule has 0 unspecified atom stereocenters. The van der Waals surface area contributed by atoms with Crippen LogP contribution in [0.5, 0.6) is 0 Å². The predicted octanol–water partition coefficient (Wildman–Crippen LogP) is 2.19. The van der Waals surface area contributed by atoms with Gasteiger partial charge in [0.15, 0.2) is 5.65 Å². The number of piperazine rings is 1. The fourth-order valence-electron chi connectivity index (χ4n) is 3.17. The van der Waals surface area contributed by atoms with Crippen molar-refractivity contribution in [3.05, 3.63) is 54.5 Å². The fourth-order valence-corrected chi connectivity index (χ4v) is 3.17. The van der Waals surface area contributed by atoms with Crippen molar-refractivity contribution >= 4 is 5.65 Å². The summed E-state index contributed by atoms with van der Waals surface area (Å²) in [5, 5.41) is 7.92. The van der Waals surface area contributed by atoms with E-state index in [1.807, 2.05) is 35.1 Å². The molecule has 3 aromatic rings. The van der Waals surface area contributed by atoms with Crippen LogP contribution in [0.2, 0.25) is 0 Å². The average molecular weight is 307 g/mol. The molecule has 0 saturated carbocycles. The van der Waals surface area contributed by atoms with Crippen LogP contribution in [-0.2, 0) is 6.54 Å². The molecule has 1 aliphatic rings. The summed E-state index contributed by atoms with van der Waals surface area (Å²) >= 11 is 0. The van der Waals surface area contributed by atoms with Crippen molar-refractivity contribution < 1.29 is 0 Å². The van der Waals surface area contributed by atoms with E-state index in [9.17, 15) is 0 Å². The second kappa shape index (κ2) is 6.10. The van der Waals surface area contributed by atoms with Gasteiger partial charge in [-0.25, -0.2) is 9.50 Å². The number of nitrogens with one attached hydrogen (secondary N) is 1. The van der Waals surface area contributed by atoms with Gasteiger partial charge >= 0.3 is 0 Å². The van der Waals surface area contributed by atoms with Crippen LogP contribution in [0.15, 0.2) is 48.9 Å². The molecule has 118 valence electrons. The summed E-state index contributed by atoms with van der Waals surface area (Å²) in [5.41, 5.74) is 4.34. The second-order valence-electron chi connectivity index (χ2n) is 6.18. The van der Waals surface area contributed by atoms with Gasteiger partial charge in [-0.15, -0.1) is 0 Å². The first-order chi connectivity index (χ1) is 11.3. The lowest BCUT2D eigenvalue weighted by atomic mass is 10.1. The Morgan fingerprint density at radius 2 is 2.09 bits per heavy atom. The Labute approximate surface area is 136 Å². The highest BCUT2D eigenvalue weighted by Crippen LogP contribution is 2.23. The van der Waals surface area contributed by atoms with Crippen LogP contribution in [0.25, 0.3) is 16.8 Å². The summed E-state index contributed by atoms with van der Waals surface area (Å²) in [6.07, 6.45) is 5.98. The molecular weight excluding hydrogens is 286 g/mol. The van der Waals surface area contributed by atoms with Crippen LogP contribution in [-0.4, -0.2) is 45.2 Å². The second-order valence-corrected chi connectivity index (χ2v) is 6.18.